The first-order valence-corrected chi connectivity index (χ1v) is 4.93. The van der Waals surface area contributed by atoms with E-state index in [1.54, 1.807) is 0 Å². The monoisotopic (exact) mass is 225 g/mol. The second-order valence-electron chi connectivity index (χ2n) is 3.56. The Bertz CT molecular complexity index is 404. The third-order valence-corrected chi connectivity index (χ3v) is 2.39. The Morgan fingerprint density at radius 2 is 2.31 bits per heavy atom. The van der Waals surface area contributed by atoms with Gasteiger partial charge in [0.25, 0.3) is 5.91 Å². The SMILES string of the molecule is COc1cc(C(=O)NC2COC2)ccc1F. The fraction of sp³-hybridized carbons (Fsp3) is 0.364. The second kappa shape index (κ2) is 4.49. The van der Waals surface area contributed by atoms with Crippen LogP contribution in [-0.2, 0) is 4.74 Å². The molecule has 5 heteroatoms. The topological polar surface area (TPSA) is 47.6 Å². The first-order valence-electron chi connectivity index (χ1n) is 4.93. The third-order valence-electron chi connectivity index (χ3n) is 2.39. The lowest BCUT2D eigenvalue weighted by atomic mass is 10.1. The first kappa shape index (κ1) is 10.9. The highest BCUT2D eigenvalue weighted by molar-refractivity contribution is 5.94. The number of ether oxygens (including phenoxy) is 2. The maximum atomic E-state index is 13.1. The van der Waals surface area contributed by atoms with Crippen LogP contribution in [0.4, 0.5) is 4.39 Å². The van der Waals surface area contributed by atoms with Gasteiger partial charge in [0, 0.05) is 5.56 Å². The molecule has 4 nitrogen and oxygen atoms in total. The third kappa shape index (κ3) is 2.14. The fourth-order valence-electron chi connectivity index (χ4n) is 1.39. The van der Waals surface area contributed by atoms with E-state index in [4.69, 9.17) is 9.47 Å². The Morgan fingerprint density at radius 1 is 1.56 bits per heavy atom. The van der Waals surface area contributed by atoms with Gasteiger partial charge in [-0.2, -0.15) is 0 Å². The molecule has 0 radical (unpaired) electrons. The number of methoxy groups -OCH3 is 1. The zero-order chi connectivity index (χ0) is 11.5. The van der Waals surface area contributed by atoms with Gasteiger partial charge in [-0.1, -0.05) is 0 Å². The lowest BCUT2D eigenvalue weighted by Crippen LogP contribution is -2.48. The van der Waals surface area contributed by atoms with Crippen molar-refractivity contribution in [2.45, 2.75) is 6.04 Å². The minimum absolute atomic E-state index is 0.0588. The number of benzene rings is 1. The van der Waals surface area contributed by atoms with Crippen LogP contribution >= 0.6 is 0 Å². The van der Waals surface area contributed by atoms with Gasteiger partial charge in [-0.25, -0.2) is 4.39 Å². The summed E-state index contributed by atoms with van der Waals surface area (Å²) in [6.07, 6.45) is 0. The minimum atomic E-state index is -0.481. The van der Waals surface area contributed by atoms with Crippen LogP contribution in [0.2, 0.25) is 0 Å². The maximum absolute atomic E-state index is 13.1. The van der Waals surface area contributed by atoms with E-state index in [1.165, 1.54) is 25.3 Å². The van der Waals surface area contributed by atoms with E-state index < -0.39 is 5.82 Å². The van der Waals surface area contributed by atoms with Gasteiger partial charge >= 0.3 is 0 Å². The highest BCUT2D eigenvalue weighted by Crippen LogP contribution is 2.18. The molecule has 1 amide bonds. The molecule has 16 heavy (non-hydrogen) atoms. The van der Waals surface area contributed by atoms with Gasteiger partial charge in [0.15, 0.2) is 11.6 Å². The van der Waals surface area contributed by atoms with Crippen LogP contribution < -0.4 is 10.1 Å². The smallest absolute Gasteiger partial charge is 0.251 e. The molecule has 86 valence electrons. The molecule has 0 bridgehead atoms. The second-order valence-corrected chi connectivity index (χ2v) is 3.56. The quantitative estimate of drug-likeness (QED) is 0.833. The summed E-state index contributed by atoms with van der Waals surface area (Å²) in [4.78, 5) is 11.7. The van der Waals surface area contributed by atoms with E-state index >= 15 is 0 Å². The van der Waals surface area contributed by atoms with Gasteiger partial charge in [-0.05, 0) is 18.2 Å². The minimum Gasteiger partial charge on any atom is -0.494 e. The van der Waals surface area contributed by atoms with E-state index in [0.29, 0.717) is 18.8 Å². The van der Waals surface area contributed by atoms with Gasteiger partial charge in [0.2, 0.25) is 0 Å². The van der Waals surface area contributed by atoms with Crippen LogP contribution in [0, 0.1) is 5.82 Å². The van der Waals surface area contributed by atoms with Crippen LogP contribution in [0.25, 0.3) is 0 Å². The van der Waals surface area contributed by atoms with Crippen LogP contribution in [0.3, 0.4) is 0 Å². The molecule has 0 unspecified atom stereocenters. The van der Waals surface area contributed by atoms with Crippen molar-refractivity contribution in [2.75, 3.05) is 20.3 Å². The number of hydrogen-bond donors (Lipinski definition) is 1. The van der Waals surface area contributed by atoms with Crippen LogP contribution in [-0.4, -0.2) is 32.3 Å². The number of halogens is 1. The number of nitrogens with one attached hydrogen (secondary N) is 1. The van der Waals surface area contributed by atoms with E-state index in [0.717, 1.165) is 0 Å². The van der Waals surface area contributed by atoms with Crippen molar-refractivity contribution in [3.63, 3.8) is 0 Å². The summed E-state index contributed by atoms with van der Waals surface area (Å²) in [7, 11) is 1.36. The molecule has 1 N–H and O–H groups in total. The van der Waals surface area contributed by atoms with Gasteiger partial charge in [0.1, 0.15) is 0 Å². The largest absolute Gasteiger partial charge is 0.494 e. The summed E-state index contributed by atoms with van der Waals surface area (Å²) in [5.41, 5.74) is 0.380. The molecule has 1 saturated heterocycles. The van der Waals surface area contributed by atoms with Crippen molar-refractivity contribution in [3.8, 4) is 5.75 Å². The molecular weight excluding hydrogens is 213 g/mol. The van der Waals surface area contributed by atoms with Crippen molar-refractivity contribution < 1.29 is 18.7 Å². The molecule has 0 atom stereocenters. The number of rotatable bonds is 3. The molecule has 0 saturated carbocycles. The first-order chi connectivity index (χ1) is 7.70. The molecule has 1 aromatic rings. The summed E-state index contributed by atoms with van der Waals surface area (Å²) in [5, 5.41) is 2.76. The number of hydrogen-bond acceptors (Lipinski definition) is 3. The Hall–Kier alpha value is -1.62. The van der Waals surface area contributed by atoms with Crippen molar-refractivity contribution in [3.05, 3.63) is 29.6 Å². The van der Waals surface area contributed by atoms with E-state index in [1.807, 2.05) is 0 Å². The van der Waals surface area contributed by atoms with Crippen LogP contribution in [0.15, 0.2) is 18.2 Å². The Balaban J connectivity index is 2.09. The molecule has 1 aliphatic heterocycles. The standard InChI is InChI=1S/C11H12FNO3/c1-15-10-4-7(2-3-9(10)12)11(14)13-8-5-16-6-8/h2-4,8H,5-6H2,1H3,(H,13,14). The predicted molar refractivity (Wildman–Crippen MR) is 55.0 cm³/mol. The van der Waals surface area contributed by atoms with Crippen molar-refractivity contribution in [2.24, 2.45) is 0 Å². The Morgan fingerprint density at radius 3 is 2.88 bits per heavy atom. The molecule has 1 heterocycles. The number of amides is 1. The molecule has 0 aliphatic carbocycles. The van der Waals surface area contributed by atoms with Crippen molar-refractivity contribution in [1.82, 2.24) is 5.32 Å². The summed E-state index contributed by atoms with van der Waals surface area (Å²) < 4.78 is 22.8. The van der Waals surface area contributed by atoms with Crippen LogP contribution in [0.5, 0.6) is 5.75 Å². The van der Waals surface area contributed by atoms with Gasteiger partial charge < -0.3 is 14.8 Å². The van der Waals surface area contributed by atoms with Gasteiger partial charge in [-0.15, -0.1) is 0 Å². The van der Waals surface area contributed by atoms with Crippen molar-refractivity contribution >= 4 is 5.91 Å². The van der Waals surface area contributed by atoms with E-state index in [-0.39, 0.29) is 17.7 Å². The molecule has 1 aliphatic rings. The highest BCUT2D eigenvalue weighted by atomic mass is 19.1. The zero-order valence-corrected chi connectivity index (χ0v) is 8.83. The fourth-order valence-corrected chi connectivity index (χ4v) is 1.39. The lowest BCUT2D eigenvalue weighted by Gasteiger charge is -2.26. The summed E-state index contributed by atoms with van der Waals surface area (Å²) >= 11 is 0. The van der Waals surface area contributed by atoms with E-state index in [2.05, 4.69) is 5.32 Å². The molecule has 0 spiro atoms. The lowest BCUT2D eigenvalue weighted by molar-refractivity contribution is -0.00346. The number of carbonyl (C=O) groups excluding carboxylic acids is 1. The molecule has 0 aromatic heterocycles. The molecule has 2 rings (SSSR count). The molecule has 1 fully saturated rings. The normalized spacial score (nSPS) is 15.4. The summed E-state index contributed by atoms with van der Waals surface area (Å²) in [5.74, 6) is -0.657. The van der Waals surface area contributed by atoms with E-state index in [9.17, 15) is 9.18 Å². The maximum Gasteiger partial charge on any atom is 0.251 e. The van der Waals surface area contributed by atoms with Crippen LogP contribution in [0.1, 0.15) is 10.4 Å². The molecular formula is C11H12FNO3. The summed E-state index contributed by atoms with van der Waals surface area (Å²) in [6, 6.07) is 4.07. The number of carbonyl (C=O) groups is 1. The highest BCUT2D eigenvalue weighted by Gasteiger charge is 2.21. The van der Waals surface area contributed by atoms with Gasteiger partial charge in [-0.3, -0.25) is 4.79 Å². The van der Waals surface area contributed by atoms with Crippen molar-refractivity contribution in [1.29, 1.82) is 0 Å². The average molecular weight is 225 g/mol. The Labute approximate surface area is 92.4 Å². The molecule has 1 aromatic carbocycles. The predicted octanol–water partition coefficient (Wildman–Crippen LogP) is 0.963. The van der Waals surface area contributed by atoms with Gasteiger partial charge in [0.05, 0.1) is 26.4 Å². The summed E-state index contributed by atoms with van der Waals surface area (Å²) in [6.45, 7) is 1.06. The average Bonchev–Trinajstić information content (AvgIpc) is 2.24. The zero-order valence-electron chi connectivity index (χ0n) is 8.83. The Kier molecular flexibility index (Phi) is 3.05.